The Morgan fingerprint density at radius 1 is 1.29 bits per heavy atom. The molecule has 3 aromatic heterocycles. The van der Waals surface area contributed by atoms with Gasteiger partial charge in [-0.15, -0.1) is 5.10 Å². The van der Waals surface area contributed by atoms with Gasteiger partial charge in [-0.2, -0.15) is 0 Å². The molecule has 5 rings (SSSR count). The molecule has 1 aliphatic heterocycles. The number of anilines is 1. The van der Waals surface area contributed by atoms with E-state index in [0.717, 1.165) is 41.1 Å². The maximum Gasteiger partial charge on any atom is 0.241 e. The van der Waals surface area contributed by atoms with Crippen LogP contribution in [0.3, 0.4) is 0 Å². The quantitative estimate of drug-likeness (QED) is 0.672. The Kier molecular flexibility index (Phi) is 4.02. The summed E-state index contributed by atoms with van der Waals surface area (Å²) >= 11 is 0. The summed E-state index contributed by atoms with van der Waals surface area (Å²) in [5.74, 6) is 0.688. The molecule has 0 amide bonds. The van der Waals surface area contributed by atoms with Crippen LogP contribution in [0.2, 0.25) is 0 Å². The van der Waals surface area contributed by atoms with Gasteiger partial charge in [0.15, 0.2) is 0 Å². The summed E-state index contributed by atoms with van der Waals surface area (Å²) < 4.78 is 1.88. The summed E-state index contributed by atoms with van der Waals surface area (Å²) in [6.07, 6.45) is 11.9. The Morgan fingerprint density at radius 2 is 2.14 bits per heavy atom. The van der Waals surface area contributed by atoms with Gasteiger partial charge in [-0.1, -0.05) is 24.8 Å². The van der Waals surface area contributed by atoms with Crippen molar-refractivity contribution in [3.05, 3.63) is 60.6 Å². The van der Waals surface area contributed by atoms with Crippen molar-refractivity contribution < 1.29 is 0 Å². The lowest BCUT2D eigenvalue weighted by molar-refractivity contribution is 0.0467. The van der Waals surface area contributed by atoms with Crippen molar-refractivity contribution in [3.8, 4) is 11.3 Å². The average Bonchev–Trinajstić information content (AvgIpc) is 3.05. The second-order valence-corrected chi connectivity index (χ2v) is 7.99. The Balaban J connectivity index is 1.39. The first-order chi connectivity index (χ1) is 13.7. The van der Waals surface area contributed by atoms with Gasteiger partial charge in [0.05, 0.1) is 23.1 Å². The number of nitrogens with one attached hydrogen (secondary N) is 2. The molecule has 0 radical (unpaired) electrons. The highest BCUT2D eigenvalue weighted by atomic mass is 15.3. The zero-order chi connectivity index (χ0) is 19.1. The van der Waals surface area contributed by atoms with Crippen molar-refractivity contribution in [1.29, 1.82) is 0 Å². The summed E-state index contributed by atoms with van der Waals surface area (Å²) in [5.41, 5.74) is 5.52. The summed E-state index contributed by atoms with van der Waals surface area (Å²) in [5, 5.41) is 11.5. The van der Waals surface area contributed by atoms with Crippen molar-refractivity contribution in [2.45, 2.75) is 25.8 Å². The summed E-state index contributed by atoms with van der Waals surface area (Å²) in [7, 11) is 0. The van der Waals surface area contributed by atoms with Crippen LogP contribution in [0.25, 0.3) is 22.9 Å². The maximum absolute atomic E-state index is 4.80. The zero-order valence-corrected chi connectivity index (χ0v) is 16.0. The highest BCUT2D eigenvalue weighted by Gasteiger charge is 2.48. The minimum absolute atomic E-state index is 0.479. The Bertz CT molecular complexity index is 1070. The fraction of sp³-hybridized carbons (Fsp3) is 0.318. The molecule has 1 saturated carbocycles. The van der Waals surface area contributed by atoms with Gasteiger partial charge in [-0.3, -0.25) is 0 Å². The van der Waals surface area contributed by atoms with Crippen molar-refractivity contribution in [2.24, 2.45) is 5.41 Å². The molecule has 142 valence electrons. The molecule has 2 fully saturated rings. The van der Waals surface area contributed by atoms with E-state index in [1.54, 1.807) is 6.08 Å². The van der Waals surface area contributed by atoms with Gasteiger partial charge in [0, 0.05) is 30.9 Å². The fourth-order valence-corrected chi connectivity index (χ4v) is 4.24. The monoisotopic (exact) mass is 372 g/mol. The number of aromatic nitrogens is 4. The molecule has 1 aliphatic carbocycles. The number of nitrogens with zero attached hydrogens (tertiary/aromatic N) is 4. The number of hydrogen-bond donors (Lipinski definition) is 2. The molecular formula is C22H24N6. The number of hydrogen-bond acceptors (Lipinski definition) is 5. The van der Waals surface area contributed by atoms with Crippen LogP contribution < -0.4 is 10.6 Å². The number of rotatable bonds is 5. The highest BCUT2D eigenvalue weighted by Crippen LogP contribution is 2.45. The second kappa shape index (κ2) is 6.56. The van der Waals surface area contributed by atoms with E-state index in [1.165, 1.54) is 12.8 Å². The van der Waals surface area contributed by atoms with Crippen LogP contribution in [0, 0.1) is 12.3 Å². The number of allylic oxidation sites excluding steroid dienone is 2. The SMILES string of the molecule is C=C/C=C\c1nc(-c2ccn3nc(NC4CC5(CNC5)C4)ncc23)ccc1C. The smallest absolute Gasteiger partial charge is 0.241 e. The van der Waals surface area contributed by atoms with E-state index in [1.807, 2.05) is 41.2 Å². The van der Waals surface area contributed by atoms with E-state index in [-0.39, 0.29) is 0 Å². The van der Waals surface area contributed by atoms with Crippen LogP contribution in [0.4, 0.5) is 5.95 Å². The summed E-state index contributed by atoms with van der Waals surface area (Å²) in [6, 6.07) is 6.66. The van der Waals surface area contributed by atoms with Gasteiger partial charge in [-0.25, -0.2) is 14.5 Å². The van der Waals surface area contributed by atoms with Crippen LogP contribution in [0.5, 0.6) is 0 Å². The summed E-state index contributed by atoms with van der Waals surface area (Å²) in [4.78, 5) is 9.36. The molecule has 6 heteroatoms. The van der Waals surface area contributed by atoms with Gasteiger partial charge in [0.1, 0.15) is 0 Å². The molecule has 1 saturated heterocycles. The third-order valence-electron chi connectivity index (χ3n) is 5.91. The lowest BCUT2D eigenvalue weighted by Crippen LogP contribution is -2.63. The van der Waals surface area contributed by atoms with Crippen molar-refractivity contribution >= 4 is 17.5 Å². The van der Waals surface area contributed by atoms with Crippen LogP contribution >= 0.6 is 0 Å². The Labute approximate surface area is 164 Å². The van der Waals surface area contributed by atoms with Crippen molar-refractivity contribution in [2.75, 3.05) is 18.4 Å². The second-order valence-electron chi connectivity index (χ2n) is 7.99. The molecule has 0 bridgehead atoms. The number of pyridine rings is 1. The topological polar surface area (TPSA) is 67.1 Å². The number of aryl methyl sites for hydroxylation is 1. The molecular weight excluding hydrogens is 348 g/mol. The third-order valence-corrected chi connectivity index (χ3v) is 5.91. The average molecular weight is 372 g/mol. The van der Waals surface area contributed by atoms with Gasteiger partial charge < -0.3 is 10.6 Å². The molecule has 0 atom stereocenters. The first kappa shape index (κ1) is 17.1. The first-order valence-corrected chi connectivity index (χ1v) is 9.75. The van der Waals surface area contributed by atoms with E-state index < -0.39 is 0 Å². The van der Waals surface area contributed by atoms with Crippen LogP contribution in [0.15, 0.2) is 49.3 Å². The standard InChI is InChI=1S/C22H24N6/c1-3-4-5-18-15(2)6-7-19(26-18)17-8-9-28-20(17)12-24-21(27-28)25-16-10-22(11-16)13-23-14-22/h3-9,12,16,23H,1,10-11,13-14H2,2H3,(H,25,27)/b5-4-. The van der Waals surface area contributed by atoms with Gasteiger partial charge in [0.2, 0.25) is 5.95 Å². The van der Waals surface area contributed by atoms with Gasteiger partial charge >= 0.3 is 0 Å². The zero-order valence-electron chi connectivity index (χ0n) is 16.0. The predicted octanol–water partition coefficient (Wildman–Crippen LogP) is 3.46. The molecule has 0 unspecified atom stereocenters. The van der Waals surface area contributed by atoms with E-state index in [9.17, 15) is 0 Å². The minimum Gasteiger partial charge on any atom is -0.350 e. The van der Waals surface area contributed by atoms with Crippen molar-refractivity contribution in [1.82, 2.24) is 24.9 Å². The minimum atomic E-state index is 0.479. The van der Waals surface area contributed by atoms with Gasteiger partial charge in [0.25, 0.3) is 0 Å². The van der Waals surface area contributed by atoms with Gasteiger partial charge in [-0.05, 0) is 49.0 Å². The molecule has 1 spiro atoms. The molecule has 28 heavy (non-hydrogen) atoms. The molecule has 6 nitrogen and oxygen atoms in total. The van der Waals surface area contributed by atoms with E-state index in [4.69, 9.17) is 4.98 Å². The fourth-order valence-electron chi connectivity index (χ4n) is 4.24. The first-order valence-electron chi connectivity index (χ1n) is 9.75. The molecule has 2 aliphatic rings. The lowest BCUT2D eigenvalue weighted by Gasteiger charge is -2.54. The molecule has 3 aromatic rings. The number of fused-ring (bicyclic) bond motifs is 1. The molecule has 4 heterocycles. The normalized spacial score (nSPS) is 18.3. The van der Waals surface area contributed by atoms with Crippen LogP contribution in [0.1, 0.15) is 24.1 Å². The van der Waals surface area contributed by atoms with Crippen LogP contribution in [-0.2, 0) is 0 Å². The predicted molar refractivity (Wildman–Crippen MR) is 112 cm³/mol. The molecule has 0 aromatic carbocycles. The third kappa shape index (κ3) is 2.90. The lowest BCUT2D eigenvalue weighted by atomic mass is 9.62. The molecule has 2 N–H and O–H groups in total. The summed E-state index contributed by atoms with van der Waals surface area (Å²) in [6.45, 7) is 8.09. The maximum atomic E-state index is 4.80. The largest absolute Gasteiger partial charge is 0.350 e. The van der Waals surface area contributed by atoms with E-state index >= 15 is 0 Å². The van der Waals surface area contributed by atoms with E-state index in [0.29, 0.717) is 17.4 Å². The Hall–Kier alpha value is -2.99. The van der Waals surface area contributed by atoms with Crippen molar-refractivity contribution in [3.63, 3.8) is 0 Å². The van der Waals surface area contributed by atoms with Crippen LogP contribution in [-0.4, -0.2) is 38.7 Å². The highest BCUT2D eigenvalue weighted by molar-refractivity contribution is 5.78. The Morgan fingerprint density at radius 3 is 2.89 bits per heavy atom. The van der Waals surface area contributed by atoms with E-state index in [2.05, 4.69) is 40.3 Å².